The van der Waals surface area contributed by atoms with E-state index in [1.807, 2.05) is 0 Å². The summed E-state index contributed by atoms with van der Waals surface area (Å²) < 4.78 is 0. The zero-order valence-electron chi connectivity index (χ0n) is 12.9. The van der Waals surface area contributed by atoms with Crippen LogP contribution in [0.25, 0.3) is 0 Å². The quantitative estimate of drug-likeness (QED) is 0.903. The number of nitriles is 1. The summed E-state index contributed by atoms with van der Waals surface area (Å²) in [6.45, 7) is 8.66. The normalized spacial score (nSPS) is 16.6. The molecule has 0 bridgehead atoms. The van der Waals surface area contributed by atoms with Gasteiger partial charge in [0.25, 0.3) is 0 Å². The van der Waals surface area contributed by atoms with Crippen molar-refractivity contribution in [1.82, 2.24) is 0 Å². The average molecular weight is 286 g/mol. The minimum Gasteiger partial charge on any atom is -0.478 e. The Labute approximate surface area is 126 Å². The summed E-state index contributed by atoms with van der Waals surface area (Å²) in [4.78, 5) is 13.2. The Bertz CT molecular complexity index is 573. The molecule has 21 heavy (non-hydrogen) atoms. The molecule has 0 aromatic heterocycles. The first kappa shape index (κ1) is 15.4. The third kappa shape index (κ3) is 3.36. The Kier molecular flexibility index (Phi) is 4.22. The number of hydrogen-bond donors (Lipinski definition) is 1. The monoisotopic (exact) mass is 286 g/mol. The van der Waals surface area contributed by atoms with E-state index in [9.17, 15) is 10.1 Å². The van der Waals surface area contributed by atoms with Crippen LogP contribution in [-0.4, -0.2) is 24.2 Å². The fourth-order valence-electron chi connectivity index (χ4n) is 3.02. The maximum Gasteiger partial charge on any atom is 0.335 e. The number of carboxylic acids is 1. The number of rotatable bonds is 2. The lowest BCUT2D eigenvalue weighted by Crippen LogP contribution is -2.38. The highest BCUT2D eigenvalue weighted by atomic mass is 16.4. The molecule has 0 spiro atoms. The molecule has 0 unspecified atom stereocenters. The molecule has 1 heterocycles. The number of nitrogens with zero attached hydrogens (tertiary/aromatic N) is 2. The molecule has 1 N–H and O–H groups in total. The number of piperidine rings is 1. The molecule has 1 aliphatic heterocycles. The molecule has 0 radical (unpaired) electrons. The van der Waals surface area contributed by atoms with Crippen molar-refractivity contribution in [3.05, 3.63) is 29.3 Å². The molecule has 4 heteroatoms. The van der Waals surface area contributed by atoms with Gasteiger partial charge in [0, 0.05) is 13.1 Å². The van der Waals surface area contributed by atoms with Crippen molar-refractivity contribution in [2.24, 2.45) is 11.3 Å². The summed E-state index contributed by atoms with van der Waals surface area (Å²) in [5, 5.41) is 18.3. The molecule has 1 saturated heterocycles. The van der Waals surface area contributed by atoms with Gasteiger partial charge in [0.15, 0.2) is 0 Å². The molecule has 0 amide bonds. The maximum atomic E-state index is 11.0. The number of carboxylic acid groups (broad SMARTS) is 1. The lowest BCUT2D eigenvalue weighted by molar-refractivity contribution is 0.0697. The Morgan fingerprint density at radius 1 is 1.33 bits per heavy atom. The van der Waals surface area contributed by atoms with Crippen LogP contribution in [-0.2, 0) is 0 Å². The van der Waals surface area contributed by atoms with E-state index in [4.69, 9.17) is 5.11 Å². The summed E-state index contributed by atoms with van der Waals surface area (Å²) in [5.41, 5.74) is 1.79. The van der Waals surface area contributed by atoms with Crippen molar-refractivity contribution in [1.29, 1.82) is 5.26 Å². The van der Waals surface area contributed by atoms with Crippen LogP contribution in [0.3, 0.4) is 0 Å². The molecule has 1 aromatic rings. The summed E-state index contributed by atoms with van der Waals surface area (Å²) in [6, 6.07) is 6.93. The lowest BCUT2D eigenvalue weighted by atomic mass is 9.75. The first-order chi connectivity index (χ1) is 9.82. The van der Waals surface area contributed by atoms with Crippen molar-refractivity contribution in [3.63, 3.8) is 0 Å². The van der Waals surface area contributed by atoms with Gasteiger partial charge in [0.2, 0.25) is 0 Å². The first-order valence-electron chi connectivity index (χ1n) is 7.35. The first-order valence-corrected chi connectivity index (χ1v) is 7.35. The van der Waals surface area contributed by atoms with Gasteiger partial charge in [0.1, 0.15) is 6.07 Å². The van der Waals surface area contributed by atoms with Crippen LogP contribution >= 0.6 is 0 Å². The van der Waals surface area contributed by atoms with E-state index in [0.717, 1.165) is 31.6 Å². The van der Waals surface area contributed by atoms with Crippen molar-refractivity contribution in [3.8, 4) is 6.07 Å². The fraction of sp³-hybridized carbons (Fsp3) is 0.529. The number of aromatic carboxylic acids is 1. The van der Waals surface area contributed by atoms with Crippen molar-refractivity contribution in [2.75, 3.05) is 18.0 Å². The number of hydrogen-bond acceptors (Lipinski definition) is 3. The number of anilines is 1. The fourth-order valence-corrected chi connectivity index (χ4v) is 3.02. The van der Waals surface area contributed by atoms with Gasteiger partial charge in [-0.1, -0.05) is 20.8 Å². The zero-order valence-corrected chi connectivity index (χ0v) is 12.9. The molecule has 1 aliphatic rings. The summed E-state index contributed by atoms with van der Waals surface area (Å²) in [5.74, 6) is -0.304. The van der Waals surface area contributed by atoms with E-state index >= 15 is 0 Å². The standard InChI is InChI=1S/C17H22N2O2/c1-17(2,3)14-6-8-19(9-7-14)15-5-4-12(16(20)21)10-13(15)11-18/h4-5,10,14H,6-9H2,1-3H3,(H,20,21). The number of benzene rings is 1. The van der Waals surface area contributed by atoms with Gasteiger partial charge in [-0.05, 0) is 42.4 Å². The highest BCUT2D eigenvalue weighted by molar-refractivity contribution is 5.89. The van der Waals surface area contributed by atoms with E-state index in [2.05, 4.69) is 31.7 Å². The summed E-state index contributed by atoms with van der Waals surface area (Å²) in [6.07, 6.45) is 2.21. The van der Waals surface area contributed by atoms with Gasteiger partial charge in [-0.15, -0.1) is 0 Å². The Morgan fingerprint density at radius 2 is 1.95 bits per heavy atom. The largest absolute Gasteiger partial charge is 0.478 e. The smallest absolute Gasteiger partial charge is 0.335 e. The van der Waals surface area contributed by atoms with Crippen LogP contribution in [0, 0.1) is 22.7 Å². The Morgan fingerprint density at radius 3 is 2.43 bits per heavy atom. The topological polar surface area (TPSA) is 64.3 Å². The van der Waals surface area contributed by atoms with E-state index in [0.29, 0.717) is 16.9 Å². The second-order valence-electron chi connectivity index (χ2n) is 6.78. The van der Waals surface area contributed by atoms with Crippen molar-refractivity contribution in [2.45, 2.75) is 33.6 Å². The van der Waals surface area contributed by atoms with E-state index < -0.39 is 5.97 Å². The molecular weight excluding hydrogens is 264 g/mol. The van der Waals surface area contributed by atoms with Crippen LogP contribution in [0.5, 0.6) is 0 Å². The Balaban J connectivity index is 2.17. The van der Waals surface area contributed by atoms with Gasteiger partial charge in [0.05, 0.1) is 16.8 Å². The molecule has 0 atom stereocenters. The minimum atomic E-state index is -0.996. The zero-order chi connectivity index (χ0) is 15.6. The van der Waals surface area contributed by atoms with Gasteiger partial charge in [-0.2, -0.15) is 5.26 Å². The molecule has 112 valence electrons. The third-order valence-corrected chi connectivity index (χ3v) is 4.42. The molecule has 1 fully saturated rings. The van der Waals surface area contributed by atoms with E-state index in [1.165, 1.54) is 6.07 Å². The third-order valence-electron chi connectivity index (χ3n) is 4.42. The van der Waals surface area contributed by atoms with Gasteiger partial charge in [-0.3, -0.25) is 0 Å². The Hall–Kier alpha value is -2.02. The summed E-state index contributed by atoms with van der Waals surface area (Å²) in [7, 11) is 0. The summed E-state index contributed by atoms with van der Waals surface area (Å²) >= 11 is 0. The predicted octanol–water partition coefficient (Wildman–Crippen LogP) is 3.52. The average Bonchev–Trinajstić information content (AvgIpc) is 2.45. The maximum absolute atomic E-state index is 11.0. The molecule has 0 saturated carbocycles. The minimum absolute atomic E-state index is 0.167. The van der Waals surface area contributed by atoms with Gasteiger partial charge >= 0.3 is 5.97 Å². The van der Waals surface area contributed by atoms with E-state index in [1.54, 1.807) is 12.1 Å². The molecule has 0 aliphatic carbocycles. The second kappa shape index (κ2) is 5.77. The van der Waals surface area contributed by atoms with Crippen LogP contribution < -0.4 is 4.90 Å². The number of carbonyl (C=O) groups is 1. The van der Waals surface area contributed by atoms with Gasteiger partial charge < -0.3 is 10.0 Å². The van der Waals surface area contributed by atoms with Crippen LogP contribution in [0.4, 0.5) is 5.69 Å². The van der Waals surface area contributed by atoms with Crippen molar-refractivity contribution >= 4 is 11.7 Å². The second-order valence-corrected chi connectivity index (χ2v) is 6.78. The molecule has 2 rings (SSSR count). The highest BCUT2D eigenvalue weighted by Gasteiger charge is 2.29. The van der Waals surface area contributed by atoms with Crippen LogP contribution in [0.15, 0.2) is 18.2 Å². The highest BCUT2D eigenvalue weighted by Crippen LogP contribution is 2.36. The SMILES string of the molecule is CC(C)(C)C1CCN(c2ccc(C(=O)O)cc2C#N)CC1. The van der Waals surface area contributed by atoms with Gasteiger partial charge in [-0.25, -0.2) is 4.79 Å². The lowest BCUT2D eigenvalue weighted by Gasteiger charge is -2.40. The van der Waals surface area contributed by atoms with Crippen molar-refractivity contribution < 1.29 is 9.90 Å². The predicted molar refractivity (Wildman–Crippen MR) is 82.5 cm³/mol. The molecule has 4 nitrogen and oxygen atoms in total. The molecule has 1 aromatic carbocycles. The van der Waals surface area contributed by atoms with Crippen LogP contribution in [0.2, 0.25) is 0 Å². The van der Waals surface area contributed by atoms with E-state index in [-0.39, 0.29) is 5.56 Å². The van der Waals surface area contributed by atoms with Crippen LogP contribution in [0.1, 0.15) is 49.5 Å². The molecular formula is C17H22N2O2.